The number of aryl methyl sites for hydroxylation is 1. The van der Waals surface area contributed by atoms with Crippen LogP contribution in [0, 0.1) is 12.3 Å². The maximum atomic E-state index is 14.1. The van der Waals surface area contributed by atoms with Crippen molar-refractivity contribution >= 4 is 53.7 Å². The number of amides is 5. The van der Waals surface area contributed by atoms with E-state index in [9.17, 15) is 53.4 Å². The lowest BCUT2D eigenvalue weighted by molar-refractivity contribution is -0.142. The predicted octanol–water partition coefficient (Wildman–Crippen LogP) is 0.654. The summed E-state index contributed by atoms with van der Waals surface area (Å²) < 4.78 is 0. The summed E-state index contributed by atoms with van der Waals surface area (Å²) in [4.78, 5) is 113. The molecule has 0 saturated heterocycles. The maximum absolute atomic E-state index is 14.1. The van der Waals surface area contributed by atoms with Crippen LogP contribution in [-0.2, 0) is 56.0 Å². The quantitative estimate of drug-likeness (QED) is 0.0768. The van der Waals surface area contributed by atoms with Gasteiger partial charge in [0.1, 0.15) is 30.5 Å². The lowest BCUT2D eigenvalue weighted by Gasteiger charge is -2.33. The molecular formula is C38H49N5O12. The summed E-state index contributed by atoms with van der Waals surface area (Å²) >= 11 is 0. The van der Waals surface area contributed by atoms with Gasteiger partial charge >= 0.3 is 17.9 Å². The molecule has 2 rings (SSSR count). The fourth-order valence-corrected chi connectivity index (χ4v) is 5.41. The number of hydrogen-bond acceptors (Lipinski definition) is 9. The van der Waals surface area contributed by atoms with E-state index in [-0.39, 0.29) is 12.8 Å². The van der Waals surface area contributed by atoms with E-state index in [1.807, 2.05) is 0 Å². The van der Waals surface area contributed by atoms with Gasteiger partial charge in [-0.05, 0) is 41.9 Å². The van der Waals surface area contributed by atoms with Crippen molar-refractivity contribution in [3.8, 4) is 0 Å². The standard InChI is InChI=1S/C38H49N5O12/c1-22-10-8-9-13-24(22)19-27(36(54)43-33(38(2,3)4)37(55)39-25(21-44)18-23-11-6-5-7-12-23)42-34(52)26(14-16-30(46)47)41-35(53)28(20-32(50)51)40-29(45)15-17-31(48)49/h5-13,21,25-28,33H,14-20H2,1-4H3,(H,39,55)(H,40,45)(H,41,53)(H,42,52)(H,43,54)(H,46,47)(H,48,49)(H,50,51)/t25-,26-,27-,28-,33+/m0/s1. The zero-order valence-electron chi connectivity index (χ0n) is 31.1. The topological polar surface area (TPSA) is 274 Å². The number of carbonyl (C=O) groups is 9. The Balaban J connectivity index is 2.41. The van der Waals surface area contributed by atoms with Crippen LogP contribution >= 0.6 is 0 Å². The van der Waals surface area contributed by atoms with Crippen LogP contribution in [0.1, 0.15) is 69.6 Å². The zero-order valence-corrected chi connectivity index (χ0v) is 31.1. The smallest absolute Gasteiger partial charge is 0.305 e. The maximum Gasteiger partial charge on any atom is 0.305 e. The number of hydrogen-bond donors (Lipinski definition) is 8. The van der Waals surface area contributed by atoms with Crippen molar-refractivity contribution < 1.29 is 58.5 Å². The Morgan fingerprint density at radius 2 is 1.18 bits per heavy atom. The second-order valence-electron chi connectivity index (χ2n) is 14.0. The van der Waals surface area contributed by atoms with Crippen molar-refractivity contribution in [3.63, 3.8) is 0 Å². The van der Waals surface area contributed by atoms with Gasteiger partial charge in [0.2, 0.25) is 29.5 Å². The number of carboxylic acids is 3. The van der Waals surface area contributed by atoms with Crippen LogP contribution in [0.2, 0.25) is 0 Å². The minimum atomic E-state index is -1.77. The molecule has 17 nitrogen and oxygen atoms in total. The van der Waals surface area contributed by atoms with Crippen molar-refractivity contribution in [2.45, 2.75) is 103 Å². The third kappa shape index (κ3) is 16.2. The minimum Gasteiger partial charge on any atom is -0.481 e. The molecule has 0 heterocycles. The normalized spacial score (nSPS) is 13.7. The molecule has 0 aliphatic rings. The Labute approximate surface area is 318 Å². The number of carboxylic acid groups (broad SMARTS) is 3. The monoisotopic (exact) mass is 767 g/mol. The lowest BCUT2D eigenvalue weighted by atomic mass is 9.85. The van der Waals surface area contributed by atoms with Crippen molar-refractivity contribution in [2.24, 2.45) is 5.41 Å². The summed E-state index contributed by atoms with van der Waals surface area (Å²) in [5.74, 6) is -8.83. The SMILES string of the molecule is Cc1ccccc1C[C@H](NC(=O)[C@H](CCC(=O)O)NC(=O)[C@H](CC(=O)O)NC(=O)CCC(=O)O)C(=O)N[C@H](C(=O)N[C@H](C=O)Cc1ccccc1)C(C)(C)C. The van der Waals surface area contributed by atoms with Crippen LogP contribution in [-0.4, -0.2) is 99.3 Å². The van der Waals surface area contributed by atoms with Gasteiger partial charge in [0.25, 0.3) is 0 Å². The average Bonchev–Trinajstić information content (AvgIpc) is 3.10. The molecule has 0 aliphatic heterocycles. The van der Waals surface area contributed by atoms with E-state index in [4.69, 9.17) is 5.11 Å². The van der Waals surface area contributed by atoms with E-state index in [2.05, 4.69) is 26.6 Å². The first-order valence-electron chi connectivity index (χ1n) is 17.5. The van der Waals surface area contributed by atoms with E-state index >= 15 is 0 Å². The van der Waals surface area contributed by atoms with Gasteiger partial charge in [-0.3, -0.25) is 38.4 Å². The van der Waals surface area contributed by atoms with Gasteiger partial charge in [0.15, 0.2) is 0 Å². The third-order valence-electron chi connectivity index (χ3n) is 8.40. The van der Waals surface area contributed by atoms with E-state index < -0.39 is 115 Å². The molecule has 0 radical (unpaired) electrons. The molecule has 5 amide bonds. The summed E-state index contributed by atoms with van der Waals surface area (Å²) in [6.07, 6.45) is -2.64. The fourth-order valence-electron chi connectivity index (χ4n) is 5.41. The van der Waals surface area contributed by atoms with E-state index in [0.717, 1.165) is 11.1 Å². The van der Waals surface area contributed by atoms with Crippen molar-refractivity contribution in [3.05, 3.63) is 71.3 Å². The molecule has 0 aliphatic carbocycles. The molecule has 0 unspecified atom stereocenters. The molecular weight excluding hydrogens is 718 g/mol. The summed E-state index contributed by atoms with van der Waals surface area (Å²) in [6.45, 7) is 6.83. The van der Waals surface area contributed by atoms with Crippen LogP contribution in [0.25, 0.3) is 0 Å². The predicted molar refractivity (Wildman–Crippen MR) is 196 cm³/mol. The Morgan fingerprint density at radius 1 is 0.618 bits per heavy atom. The van der Waals surface area contributed by atoms with Crippen molar-refractivity contribution in [2.75, 3.05) is 0 Å². The highest BCUT2D eigenvalue weighted by Gasteiger charge is 2.37. The molecule has 0 aromatic heterocycles. The number of rotatable bonds is 22. The summed E-state index contributed by atoms with van der Waals surface area (Å²) in [6, 6.07) is 8.93. The highest BCUT2D eigenvalue weighted by Crippen LogP contribution is 2.21. The first-order valence-corrected chi connectivity index (χ1v) is 17.5. The van der Waals surface area contributed by atoms with Crippen LogP contribution < -0.4 is 26.6 Å². The van der Waals surface area contributed by atoms with Gasteiger partial charge in [-0.15, -0.1) is 0 Å². The molecule has 298 valence electrons. The van der Waals surface area contributed by atoms with Crippen molar-refractivity contribution in [1.82, 2.24) is 26.6 Å². The van der Waals surface area contributed by atoms with Gasteiger partial charge < -0.3 is 46.7 Å². The Hall–Kier alpha value is -6.13. The van der Waals surface area contributed by atoms with E-state index in [0.29, 0.717) is 11.8 Å². The van der Waals surface area contributed by atoms with Crippen LogP contribution in [0.4, 0.5) is 0 Å². The molecule has 5 atom stereocenters. The van der Waals surface area contributed by atoms with Crippen LogP contribution in [0.5, 0.6) is 0 Å². The third-order valence-corrected chi connectivity index (χ3v) is 8.40. The Kier molecular flexibility index (Phi) is 17.6. The first-order chi connectivity index (χ1) is 25.8. The van der Waals surface area contributed by atoms with E-state index in [1.165, 1.54) is 0 Å². The van der Waals surface area contributed by atoms with Gasteiger partial charge in [0.05, 0.1) is 18.9 Å². The number of benzene rings is 2. The fraction of sp³-hybridized carbons (Fsp3) is 0.447. The average molecular weight is 768 g/mol. The summed E-state index contributed by atoms with van der Waals surface area (Å²) in [5, 5.41) is 39.9. The summed E-state index contributed by atoms with van der Waals surface area (Å²) in [7, 11) is 0. The molecule has 8 N–H and O–H groups in total. The number of aliphatic carboxylic acids is 3. The largest absolute Gasteiger partial charge is 0.481 e. The van der Waals surface area contributed by atoms with Crippen molar-refractivity contribution in [1.29, 1.82) is 0 Å². The molecule has 2 aromatic rings. The minimum absolute atomic E-state index is 0.116. The number of nitrogens with one attached hydrogen (secondary N) is 5. The molecule has 0 spiro atoms. The number of carbonyl (C=O) groups excluding carboxylic acids is 6. The lowest BCUT2D eigenvalue weighted by Crippen LogP contribution is -2.61. The van der Waals surface area contributed by atoms with Gasteiger partial charge in [-0.1, -0.05) is 75.4 Å². The highest BCUT2D eigenvalue weighted by molar-refractivity contribution is 5.97. The van der Waals surface area contributed by atoms with Crippen LogP contribution in [0.15, 0.2) is 54.6 Å². The van der Waals surface area contributed by atoms with Gasteiger partial charge in [-0.25, -0.2) is 0 Å². The summed E-state index contributed by atoms with van der Waals surface area (Å²) in [5.41, 5.74) is 1.25. The molecule has 17 heteroatoms. The number of aldehydes is 1. The van der Waals surface area contributed by atoms with Crippen LogP contribution in [0.3, 0.4) is 0 Å². The molecule has 2 aromatic carbocycles. The Bertz CT molecular complexity index is 1710. The first kappa shape index (κ1) is 45.0. The zero-order chi connectivity index (χ0) is 41.3. The molecule has 0 fully saturated rings. The molecule has 55 heavy (non-hydrogen) atoms. The second kappa shape index (κ2) is 21.5. The molecule has 0 bridgehead atoms. The molecule has 0 saturated carbocycles. The second-order valence-corrected chi connectivity index (χ2v) is 14.0. The van der Waals surface area contributed by atoms with Gasteiger partial charge in [0, 0.05) is 19.3 Å². The van der Waals surface area contributed by atoms with Gasteiger partial charge in [-0.2, -0.15) is 0 Å². The highest BCUT2D eigenvalue weighted by atomic mass is 16.4. The Morgan fingerprint density at radius 3 is 1.75 bits per heavy atom. The van der Waals surface area contributed by atoms with E-state index in [1.54, 1.807) is 82.3 Å².